The largest absolute Gasteiger partial charge is 0.298 e. The smallest absolute Gasteiger partial charge is 0.0245 e. The zero-order chi connectivity index (χ0) is 10.9. The van der Waals surface area contributed by atoms with Crippen LogP contribution in [0.25, 0.3) is 0 Å². The van der Waals surface area contributed by atoms with E-state index in [1.165, 1.54) is 19.5 Å². The van der Waals surface area contributed by atoms with E-state index in [1.54, 1.807) is 10.4 Å². The maximum absolute atomic E-state index is 3.60. The summed E-state index contributed by atoms with van der Waals surface area (Å²) in [6, 6.07) is 2.29. The van der Waals surface area contributed by atoms with Crippen molar-refractivity contribution in [2.45, 2.75) is 26.8 Å². The molecule has 1 aromatic rings. The van der Waals surface area contributed by atoms with E-state index >= 15 is 0 Å². The first-order valence-corrected chi connectivity index (χ1v) is 7.44. The summed E-state index contributed by atoms with van der Waals surface area (Å²) in [5.41, 5.74) is 1.93. The molecule has 0 saturated carbocycles. The molecule has 15 heavy (non-hydrogen) atoms. The van der Waals surface area contributed by atoms with Crippen molar-refractivity contribution in [3.8, 4) is 0 Å². The second kappa shape index (κ2) is 4.56. The molecule has 2 heterocycles. The second-order valence-electron chi connectivity index (χ2n) is 5.13. The van der Waals surface area contributed by atoms with E-state index in [1.807, 2.05) is 11.3 Å². The molecule has 0 radical (unpaired) electrons. The fraction of sp³-hybridized carbons (Fsp3) is 0.667. The van der Waals surface area contributed by atoms with Crippen molar-refractivity contribution in [1.82, 2.24) is 4.90 Å². The zero-order valence-corrected chi connectivity index (χ0v) is 11.8. The molecule has 84 valence electrons. The Labute approximate surface area is 105 Å². The van der Waals surface area contributed by atoms with Gasteiger partial charge in [-0.2, -0.15) is 0 Å². The molecule has 0 aromatic carbocycles. The predicted octanol–water partition coefficient (Wildman–Crippen LogP) is 3.53. The average molecular weight is 288 g/mol. The number of hydrogen-bond donors (Lipinski definition) is 0. The van der Waals surface area contributed by atoms with Crippen LogP contribution in [0.2, 0.25) is 0 Å². The van der Waals surface area contributed by atoms with Crippen LogP contribution in [0.4, 0.5) is 0 Å². The topological polar surface area (TPSA) is 3.24 Å². The lowest BCUT2D eigenvalue weighted by Crippen LogP contribution is -2.38. The Kier molecular flexibility index (Phi) is 3.53. The van der Waals surface area contributed by atoms with Gasteiger partial charge in [0.25, 0.3) is 0 Å². The van der Waals surface area contributed by atoms with Gasteiger partial charge in [-0.25, -0.2) is 0 Å². The Morgan fingerprint density at radius 2 is 2.33 bits per heavy atom. The average Bonchev–Trinajstić information content (AvgIpc) is 2.64. The number of alkyl halides is 1. The maximum atomic E-state index is 3.60. The summed E-state index contributed by atoms with van der Waals surface area (Å²) in [7, 11) is 0. The van der Waals surface area contributed by atoms with E-state index in [4.69, 9.17) is 0 Å². The van der Waals surface area contributed by atoms with Gasteiger partial charge in [-0.15, -0.1) is 11.3 Å². The lowest BCUT2D eigenvalue weighted by molar-refractivity contribution is 0.182. The summed E-state index contributed by atoms with van der Waals surface area (Å²) < 4.78 is 0. The van der Waals surface area contributed by atoms with Crippen LogP contribution in [0.1, 0.15) is 24.3 Å². The van der Waals surface area contributed by atoms with Crippen molar-refractivity contribution < 1.29 is 0 Å². The molecule has 1 aliphatic heterocycles. The zero-order valence-electron chi connectivity index (χ0n) is 9.42. The van der Waals surface area contributed by atoms with Crippen LogP contribution in [0.5, 0.6) is 0 Å². The number of halogens is 1. The van der Waals surface area contributed by atoms with Crippen LogP contribution in [-0.4, -0.2) is 23.3 Å². The monoisotopic (exact) mass is 287 g/mol. The molecule has 0 aliphatic carbocycles. The maximum Gasteiger partial charge on any atom is 0.0245 e. The van der Waals surface area contributed by atoms with Crippen LogP contribution in [0.15, 0.2) is 11.4 Å². The third-order valence-electron chi connectivity index (χ3n) is 2.90. The Balaban J connectivity index is 1.98. The van der Waals surface area contributed by atoms with Crippen molar-refractivity contribution >= 4 is 27.3 Å². The normalized spacial score (nSPS) is 17.8. The Morgan fingerprint density at radius 1 is 1.53 bits per heavy atom. The van der Waals surface area contributed by atoms with Crippen LogP contribution in [0.3, 0.4) is 0 Å². The third kappa shape index (κ3) is 2.83. The molecule has 3 heteroatoms. The molecule has 0 unspecified atom stereocenters. The third-order valence-corrected chi connectivity index (χ3v) is 5.44. The van der Waals surface area contributed by atoms with Gasteiger partial charge in [0.15, 0.2) is 0 Å². The Hall–Kier alpha value is 0.140. The van der Waals surface area contributed by atoms with Crippen molar-refractivity contribution in [1.29, 1.82) is 0 Å². The van der Waals surface area contributed by atoms with Crippen LogP contribution in [0, 0.1) is 5.41 Å². The lowest BCUT2D eigenvalue weighted by atomic mass is 9.95. The van der Waals surface area contributed by atoms with Gasteiger partial charge < -0.3 is 0 Å². The number of thiophene rings is 1. The first kappa shape index (κ1) is 11.6. The molecule has 2 rings (SSSR count). The highest BCUT2D eigenvalue weighted by atomic mass is 79.9. The van der Waals surface area contributed by atoms with Gasteiger partial charge in [0, 0.05) is 29.8 Å². The second-order valence-corrected chi connectivity index (χ2v) is 6.69. The van der Waals surface area contributed by atoms with Crippen molar-refractivity contribution in [3.63, 3.8) is 0 Å². The number of hydrogen-bond acceptors (Lipinski definition) is 2. The highest BCUT2D eigenvalue weighted by Crippen LogP contribution is 2.27. The first-order valence-electron chi connectivity index (χ1n) is 5.44. The molecular formula is C12H18BrNS. The molecule has 1 aliphatic rings. The van der Waals surface area contributed by atoms with Gasteiger partial charge in [-0.05, 0) is 28.8 Å². The molecule has 0 bridgehead atoms. The molecular weight excluding hydrogens is 270 g/mol. The van der Waals surface area contributed by atoms with Crippen LogP contribution in [-0.2, 0) is 13.0 Å². The standard InChI is InChI=1S/C12H18BrNS/c1-12(2,8-13)9-14-5-3-11-10(7-14)4-6-15-11/h4,6H,3,5,7-9H2,1-2H3. The van der Waals surface area contributed by atoms with Crippen molar-refractivity contribution in [3.05, 3.63) is 21.9 Å². The summed E-state index contributed by atoms with van der Waals surface area (Å²) in [6.45, 7) is 8.21. The molecule has 1 aromatic heterocycles. The highest BCUT2D eigenvalue weighted by Gasteiger charge is 2.24. The lowest BCUT2D eigenvalue weighted by Gasteiger charge is -2.33. The predicted molar refractivity (Wildman–Crippen MR) is 70.9 cm³/mol. The highest BCUT2D eigenvalue weighted by molar-refractivity contribution is 9.09. The van der Waals surface area contributed by atoms with Crippen LogP contribution >= 0.6 is 27.3 Å². The molecule has 0 N–H and O–H groups in total. The number of nitrogens with zero attached hydrogens (tertiary/aromatic N) is 1. The van der Waals surface area contributed by atoms with Gasteiger partial charge in [0.05, 0.1) is 0 Å². The molecule has 0 fully saturated rings. The van der Waals surface area contributed by atoms with Crippen molar-refractivity contribution in [2.75, 3.05) is 18.4 Å². The minimum Gasteiger partial charge on any atom is -0.298 e. The number of rotatable bonds is 3. The van der Waals surface area contributed by atoms with Gasteiger partial charge in [0.1, 0.15) is 0 Å². The van der Waals surface area contributed by atoms with E-state index in [2.05, 4.69) is 46.1 Å². The van der Waals surface area contributed by atoms with E-state index in [0.29, 0.717) is 5.41 Å². The van der Waals surface area contributed by atoms with E-state index in [0.717, 1.165) is 11.9 Å². The minimum atomic E-state index is 0.382. The molecule has 0 amide bonds. The quantitative estimate of drug-likeness (QED) is 0.769. The summed E-state index contributed by atoms with van der Waals surface area (Å²) in [6.07, 6.45) is 1.24. The fourth-order valence-electron chi connectivity index (χ4n) is 2.09. The molecule has 1 nitrogen and oxygen atoms in total. The molecule has 0 atom stereocenters. The molecule has 0 spiro atoms. The van der Waals surface area contributed by atoms with Gasteiger partial charge in [0.2, 0.25) is 0 Å². The fourth-order valence-corrected chi connectivity index (χ4v) is 3.16. The summed E-state index contributed by atoms with van der Waals surface area (Å²) in [5.74, 6) is 0. The summed E-state index contributed by atoms with van der Waals surface area (Å²) in [5, 5.41) is 3.30. The number of fused-ring (bicyclic) bond motifs is 1. The van der Waals surface area contributed by atoms with E-state index in [-0.39, 0.29) is 0 Å². The molecule has 0 saturated heterocycles. The SMILES string of the molecule is CC(C)(CBr)CN1CCc2sccc2C1. The minimum absolute atomic E-state index is 0.382. The van der Waals surface area contributed by atoms with Crippen LogP contribution < -0.4 is 0 Å². The van der Waals surface area contributed by atoms with Gasteiger partial charge in [-0.1, -0.05) is 29.8 Å². The summed E-state index contributed by atoms with van der Waals surface area (Å²) >= 11 is 5.51. The van der Waals surface area contributed by atoms with Crippen molar-refractivity contribution in [2.24, 2.45) is 5.41 Å². The summed E-state index contributed by atoms with van der Waals surface area (Å²) in [4.78, 5) is 4.18. The van der Waals surface area contributed by atoms with E-state index < -0.39 is 0 Å². The Bertz CT molecular complexity index is 332. The van der Waals surface area contributed by atoms with E-state index in [9.17, 15) is 0 Å². The Morgan fingerprint density at radius 3 is 3.07 bits per heavy atom. The van der Waals surface area contributed by atoms with Gasteiger partial charge >= 0.3 is 0 Å². The first-order chi connectivity index (χ1) is 7.11. The van der Waals surface area contributed by atoms with Gasteiger partial charge in [-0.3, -0.25) is 4.90 Å².